The highest BCUT2D eigenvalue weighted by Crippen LogP contribution is 2.43. The molecule has 3 aromatic rings. The molecule has 4 rings (SSSR count). The van der Waals surface area contributed by atoms with Gasteiger partial charge >= 0.3 is 12.4 Å². The van der Waals surface area contributed by atoms with Gasteiger partial charge in [-0.15, -0.1) is 0 Å². The molecular weight excluding hydrogens is 590 g/mol. The molecule has 1 fully saturated rings. The molecule has 2 aromatic carbocycles. The van der Waals surface area contributed by atoms with E-state index in [0.29, 0.717) is 30.5 Å². The van der Waals surface area contributed by atoms with E-state index in [1.165, 1.54) is 11.0 Å². The van der Waals surface area contributed by atoms with Crippen molar-refractivity contribution in [2.24, 2.45) is 0 Å². The van der Waals surface area contributed by atoms with E-state index in [4.69, 9.17) is 4.43 Å². The summed E-state index contributed by atoms with van der Waals surface area (Å²) in [4.78, 5) is 19.1. The minimum Gasteiger partial charge on any atom is -0.402 e. The lowest BCUT2D eigenvalue weighted by Crippen LogP contribution is -2.51. The molecule has 2 heterocycles. The number of aliphatic hydroxyl groups excluding tert-OH is 1. The molecule has 1 aliphatic rings. The number of hydrogen-bond donors (Lipinski definition) is 1. The van der Waals surface area contributed by atoms with Crippen molar-refractivity contribution in [2.75, 3.05) is 6.54 Å². The van der Waals surface area contributed by atoms with Crippen LogP contribution in [0.4, 0.5) is 26.3 Å². The molecule has 234 valence electrons. The molecule has 5 nitrogen and oxygen atoms in total. The van der Waals surface area contributed by atoms with Crippen molar-refractivity contribution in [2.45, 2.75) is 88.8 Å². The number of aliphatic hydroxyl groups is 1. The number of pyridine rings is 1. The number of hydrogen-bond acceptors (Lipinski definition) is 4. The Morgan fingerprint density at radius 2 is 1.63 bits per heavy atom. The van der Waals surface area contributed by atoms with Crippen molar-refractivity contribution >= 4 is 25.1 Å². The Balaban J connectivity index is 1.82. The first-order valence-electron chi connectivity index (χ1n) is 14.1. The first kappa shape index (κ1) is 32.9. The summed E-state index contributed by atoms with van der Waals surface area (Å²) in [5, 5.41) is 11.2. The topological polar surface area (TPSA) is 62.7 Å². The number of alkyl halides is 6. The Kier molecular flexibility index (Phi) is 9.08. The highest BCUT2D eigenvalue weighted by molar-refractivity contribution is 6.74. The van der Waals surface area contributed by atoms with E-state index < -0.39 is 61.6 Å². The molecule has 0 bridgehead atoms. The third-order valence-electron chi connectivity index (χ3n) is 8.53. The average Bonchev–Trinajstić information content (AvgIpc) is 2.93. The summed E-state index contributed by atoms with van der Waals surface area (Å²) >= 11 is 0. The molecule has 43 heavy (non-hydrogen) atoms. The summed E-state index contributed by atoms with van der Waals surface area (Å²) in [5.74, 6) is -0.454. The van der Waals surface area contributed by atoms with E-state index in [2.05, 4.69) is 4.98 Å². The Bertz CT molecular complexity index is 1450. The van der Waals surface area contributed by atoms with Gasteiger partial charge in [0.15, 0.2) is 14.4 Å². The maximum absolute atomic E-state index is 14.3. The molecule has 0 spiro atoms. The fourth-order valence-electron chi connectivity index (χ4n) is 5.17. The third kappa shape index (κ3) is 6.91. The van der Waals surface area contributed by atoms with Gasteiger partial charge in [0.1, 0.15) is 11.8 Å². The number of likely N-dealkylation sites (tertiary alicyclic amines) is 1. The second-order valence-corrected chi connectivity index (χ2v) is 17.3. The van der Waals surface area contributed by atoms with Crippen molar-refractivity contribution in [1.29, 1.82) is 0 Å². The van der Waals surface area contributed by atoms with E-state index in [-0.39, 0.29) is 29.0 Å². The lowest BCUT2D eigenvalue weighted by molar-refractivity contribution is -0.147. The molecule has 1 aliphatic heterocycles. The second kappa shape index (κ2) is 11.9. The van der Waals surface area contributed by atoms with Gasteiger partial charge in [-0.1, -0.05) is 63.2 Å². The predicted molar refractivity (Wildman–Crippen MR) is 154 cm³/mol. The predicted octanol–water partition coefficient (Wildman–Crippen LogP) is 8.45. The molecule has 0 unspecified atom stereocenters. The van der Waals surface area contributed by atoms with Crippen molar-refractivity contribution < 1.29 is 40.7 Å². The molecule has 1 saturated heterocycles. The molecule has 1 amide bonds. The molecule has 0 radical (unpaired) electrons. The first-order chi connectivity index (χ1) is 19.8. The Hall–Kier alpha value is -2.96. The maximum Gasteiger partial charge on any atom is 0.433 e. The zero-order valence-corrected chi connectivity index (χ0v) is 25.7. The largest absolute Gasteiger partial charge is 0.433 e. The van der Waals surface area contributed by atoms with E-state index in [0.717, 1.165) is 6.07 Å². The summed E-state index contributed by atoms with van der Waals surface area (Å²) in [6, 6.07) is 11.4. The number of carbonyl (C=O) groups excluding carboxylic acids is 1. The maximum atomic E-state index is 14.3. The van der Waals surface area contributed by atoms with Gasteiger partial charge < -0.3 is 14.4 Å². The summed E-state index contributed by atoms with van der Waals surface area (Å²) in [7, 11) is -2.53. The van der Waals surface area contributed by atoms with Gasteiger partial charge in [0.05, 0.1) is 17.1 Å². The molecule has 12 heteroatoms. The molecule has 3 atom stereocenters. The van der Waals surface area contributed by atoms with Gasteiger partial charge in [-0.25, -0.2) is 4.98 Å². The minimum atomic E-state index is -5.07. The summed E-state index contributed by atoms with van der Waals surface area (Å²) < 4.78 is 89.7. The molecule has 0 aliphatic carbocycles. The van der Waals surface area contributed by atoms with Crippen LogP contribution in [0.3, 0.4) is 0 Å². The molecular formula is C31H36F6N2O3Si. The fourth-order valence-corrected chi connectivity index (χ4v) is 6.35. The number of amides is 1. The van der Waals surface area contributed by atoms with Gasteiger partial charge in [0.2, 0.25) is 0 Å². The Morgan fingerprint density at radius 3 is 2.21 bits per heavy atom. The zero-order valence-electron chi connectivity index (χ0n) is 24.7. The fraction of sp³-hybridized carbons (Fsp3) is 0.484. The van der Waals surface area contributed by atoms with E-state index in [9.17, 15) is 36.2 Å². The quantitative estimate of drug-likeness (QED) is 0.220. The van der Waals surface area contributed by atoms with Crippen LogP contribution in [0.2, 0.25) is 18.1 Å². The van der Waals surface area contributed by atoms with Crippen LogP contribution in [0, 0.1) is 0 Å². The van der Waals surface area contributed by atoms with Crippen LogP contribution in [0.1, 0.15) is 74.6 Å². The summed E-state index contributed by atoms with van der Waals surface area (Å²) in [5.41, 5.74) is -3.57. The smallest absolute Gasteiger partial charge is 0.402 e. The number of fused-ring (bicyclic) bond motifs is 1. The second-order valence-electron chi connectivity index (χ2n) is 12.5. The summed E-state index contributed by atoms with van der Waals surface area (Å²) in [6.45, 7) is 10.3. The number of para-hydroxylation sites is 1. The normalized spacial score (nSPS) is 18.5. The van der Waals surface area contributed by atoms with Crippen molar-refractivity contribution in [3.63, 3.8) is 0 Å². The van der Waals surface area contributed by atoms with Gasteiger partial charge in [0.25, 0.3) is 5.91 Å². The lowest BCUT2D eigenvalue weighted by Gasteiger charge is -2.43. The highest BCUT2D eigenvalue weighted by Gasteiger charge is 2.45. The Labute approximate surface area is 248 Å². The molecule has 1 N–H and O–H groups in total. The number of aromatic nitrogens is 1. The molecule has 0 saturated carbocycles. The van der Waals surface area contributed by atoms with Crippen molar-refractivity contribution in [3.8, 4) is 0 Å². The van der Waals surface area contributed by atoms with Gasteiger partial charge in [-0.2, -0.15) is 26.3 Å². The van der Waals surface area contributed by atoms with Crippen LogP contribution >= 0.6 is 0 Å². The van der Waals surface area contributed by atoms with E-state index >= 15 is 0 Å². The van der Waals surface area contributed by atoms with Crippen LogP contribution < -0.4 is 0 Å². The SMILES string of the molecule is CC(C)(C)[Si](C)(C)O[C@H](C(=O)N1CCCC[C@@H]1[C@@H](O)c1cc(C(F)(F)F)nc2c(C(F)(F)F)cccc12)c1ccccc1. The lowest BCUT2D eigenvalue weighted by atomic mass is 9.89. The van der Waals surface area contributed by atoms with Crippen LogP contribution in [-0.4, -0.2) is 41.8 Å². The first-order valence-corrected chi connectivity index (χ1v) is 17.0. The van der Waals surface area contributed by atoms with Crippen LogP contribution in [-0.2, 0) is 21.6 Å². The van der Waals surface area contributed by atoms with Gasteiger partial charge in [-0.05, 0) is 60.7 Å². The average molecular weight is 627 g/mol. The van der Waals surface area contributed by atoms with E-state index in [1.807, 2.05) is 33.9 Å². The highest BCUT2D eigenvalue weighted by atomic mass is 28.4. The van der Waals surface area contributed by atoms with E-state index in [1.54, 1.807) is 30.3 Å². The van der Waals surface area contributed by atoms with Crippen molar-refractivity contribution in [3.05, 3.63) is 77.0 Å². The number of rotatable bonds is 6. The van der Waals surface area contributed by atoms with Crippen LogP contribution in [0.15, 0.2) is 54.6 Å². The van der Waals surface area contributed by atoms with Crippen LogP contribution in [0.5, 0.6) is 0 Å². The standard InChI is InChI=1S/C31H36F6N2O3Si/c1-29(2,3)43(4,5)42-27(19-12-7-6-8-13-19)28(41)39-17-10-9-16-23(39)26(40)21-18-24(31(35,36)37)38-25-20(21)14-11-15-22(25)30(32,33)34/h6-8,11-15,18,23,26-27,40H,9-10,16-17H2,1-5H3/t23-,26+,27+/m1/s1. The Morgan fingerprint density at radius 1 is 0.977 bits per heavy atom. The van der Waals surface area contributed by atoms with Crippen molar-refractivity contribution in [1.82, 2.24) is 9.88 Å². The number of halogens is 6. The van der Waals surface area contributed by atoms with Gasteiger partial charge in [0, 0.05) is 11.9 Å². The number of benzene rings is 2. The monoisotopic (exact) mass is 626 g/mol. The number of piperidine rings is 1. The van der Waals surface area contributed by atoms with Gasteiger partial charge in [-0.3, -0.25) is 4.79 Å². The molecule has 1 aromatic heterocycles. The van der Waals surface area contributed by atoms with Crippen LogP contribution in [0.25, 0.3) is 10.9 Å². The minimum absolute atomic E-state index is 0.202. The number of carbonyl (C=O) groups is 1. The third-order valence-corrected chi connectivity index (χ3v) is 13.0. The summed E-state index contributed by atoms with van der Waals surface area (Å²) in [6.07, 6.45) is -11.4. The number of nitrogens with zero attached hydrogens (tertiary/aromatic N) is 2. The zero-order chi connectivity index (χ0) is 32.0.